The van der Waals surface area contributed by atoms with Crippen LogP contribution in [0, 0.1) is 0 Å². The molecule has 1 amide bonds. The van der Waals surface area contributed by atoms with Crippen LogP contribution < -0.4 is 9.64 Å². The Balaban J connectivity index is 2.02. The lowest BCUT2D eigenvalue weighted by Gasteiger charge is -2.29. The van der Waals surface area contributed by atoms with Crippen LogP contribution >= 0.6 is 0 Å². The first-order valence-corrected chi connectivity index (χ1v) is 10.5. The van der Waals surface area contributed by atoms with E-state index < -0.39 is 18.1 Å². The van der Waals surface area contributed by atoms with Gasteiger partial charge in [0.2, 0.25) is 0 Å². The molecule has 0 unspecified atom stereocenters. The van der Waals surface area contributed by atoms with Crippen molar-refractivity contribution in [3.05, 3.63) is 84.4 Å². The van der Waals surface area contributed by atoms with Crippen molar-refractivity contribution in [1.82, 2.24) is 0 Å². The van der Waals surface area contributed by atoms with Gasteiger partial charge in [-0.15, -0.1) is 0 Å². The summed E-state index contributed by atoms with van der Waals surface area (Å²) in [6, 6.07) is 23.3. The molecule has 0 spiro atoms. The Hall–Kier alpha value is -3.80. The molecule has 0 aliphatic rings. The summed E-state index contributed by atoms with van der Waals surface area (Å²) >= 11 is 0. The number of carbonyl (C=O) groups excluding carboxylic acids is 2. The van der Waals surface area contributed by atoms with Crippen molar-refractivity contribution in [2.24, 2.45) is 0 Å². The summed E-state index contributed by atoms with van der Waals surface area (Å²) in [4.78, 5) is 27.2. The highest BCUT2D eigenvalue weighted by Crippen LogP contribution is 2.37. The second-order valence-corrected chi connectivity index (χ2v) is 7.06. The molecule has 0 radical (unpaired) electrons. The maximum atomic E-state index is 13.3. The van der Waals surface area contributed by atoms with Gasteiger partial charge < -0.3 is 14.2 Å². The van der Waals surface area contributed by atoms with Gasteiger partial charge in [-0.25, -0.2) is 9.59 Å². The van der Waals surface area contributed by atoms with E-state index in [-0.39, 0.29) is 13.2 Å². The molecule has 1 atom stereocenters. The van der Waals surface area contributed by atoms with Gasteiger partial charge in [0.1, 0.15) is 18.4 Å². The van der Waals surface area contributed by atoms with Crippen LogP contribution in [0.5, 0.6) is 5.75 Å². The summed E-state index contributed by atoms with van der Waals surface area (Å²) in [6.45, 7) is 3.65. The van der Waals surface area contributed by atoms with Crippen molar-refractivity contribution >= 4 is 17.7 Å². The van der Waals surface area contributed by atoms with Crippen LogP contribution in [-0.2, 0) is 20.9 Å². The van der Waals surface area contributed by atoms with Crippen LogP contribution in [0.25, 0.3) is 11.1 Å². The highest BCUT2D eigenvalue weighted by Gasteiger charge is 2.32. The van der Waals surface area contributed by atoms with Crippen molar-refractivity contribution in [3.8, 4) is 16.9 Å². The Labute approximate surface area is 188 Å². The highest BCUT2D eigenvalue weighted by atomic mass is 16.6. The minimum Gasteiger partial charge on any atom is -0.496 e. The third kappa shape index (κ3) is 5.27. The summed E-state index contributed by atoms with van der Waals surface area (Å²) < 4.78 is 16.3. The molecular weight excluding hydrogens is 406 g/mol. The number of para-hydroxylation sites is 2. The van der Waals surface area contributed by atoms with Crippen molar-refractivity contribution in [1.29, 1.82) is 0 Å². The van der Waals surface area contributed by atoms with Gasteiger partial charge >= 0.3 is 12.1 Å². The van der Waals surface area contributed by atoms with E-state index in [2.05, 4.69) is 0 Å². The third-order valence-electron chi connectivity index (χ3n) is 4.98. The number of anilines is 1. The average molecular weight is 434 g/mol. The van der Waals surface area contributed by atoms with Crippen molar-refractivity contribution < 1.29 is 23.8 Å². The summed E-state index contributed by atoms with van der Waals surface area (Å²) in [5, 5.41) is 0. The molecule has 6 heteroatoms. The van der Waals surface area contributed by atoms with E-state index >= 15 is 0 Å². The molecule has 0 heterocycles. The highest BCUT2D eigenvalue weighted by molar-refractivity contribution is 6.00. The summed E-state index contributed by atoms with van der Waals surface area (Å²) in [7, 11) is 1.59. The number of hydrogen-bond donors (Lipinski definition) is 0. The van der Waals surface area contributed by atoms with Crippen LogP contribution in [0.4, 0.5) is 10.5 Å². The van der Waals surface area contributed by atoms with E-state index in [1.54, 1.807) is 27.0 Å². The fourth-order valence-corrected chi connectivity index (χ4v) is 3.40. The van der Waals surface area contributed by atoms with Gasteiger partial charge in [-0.2, -0.15) is 0 Å². The van der Waals surface area contributed by atoms with Crippen molar-refractivity contribution in [2.75, 3.05) is 18.6 Å². The number of hydrogen-bond acceptors (Lipinski definition) is 5. The van der Waals surface area contributed by atoms with Crippen LogP contribution in [-0.4, -0.2) is 31.8 Å². The van der Waals surface area contributed by atoms with Gasteiger partial charge in [-0.1, -0.05) is 66.7 Å². The van der Waals surface area contributed by atoms with E-state index in [1.807, 2.05) is 72.8 Å². The van der Waals surface area contributed by atoms with Gasteiger partial charge in [-0.05, 0) is 31.5 Å². The van der Waals surface area contributed by atoms with Gasteiger partial charge in [0.05, 0.1) is 19.4 Å². The normalized spacial score (nSPS) is 11.3. The second kappa shape index (κ2) is 11.0. The number of benzene rings is 3. The number of nitrogens with zero attached hydrogens (tertiary/aromatic N) is 1. The zero-order valence-electron chi connectivity index (χ0n) is 18.5. The van der Waals surface area contributed by atoms with E-state index in [4.69, 9.17) is 14.2 Å². The lowest BCUT2D eigenvalue weighted by atomic mass is 10.0. The van der Waals surface area contributed by atoms with E-state index in [0.29, 0.717) is 11.4 Å². The number of esters is 1. The van der Waals surface area contributed by atoms with E-state index in [1.165, 1.54) is 4.90 Å². The smallest absolute Gasteiger partial charge is 0.415 e. The molecule has 0 saturated carbocycles. The lowest BCUT2D eigenvalue weighted by molar-refractivity contribution is -0.144. The molecule has 6 nitrogen and oxygen atoms in total. The van der Waals surface area contributed by atoms with Gasteiger partial charge in [0.15, 0.2) is 0 Å². The Kier molecular flexibility index (Phi) is 7.86. The molecule has 166 valence electrons. The molecule has 3 aromatic carbocycles. The van der Waals surface area contributed by atoms with E-state index in [0.717, 1.165) is 16.7 Å². The van der Waals surface area contributed by atoms with Crippen molar-refractivity contribution in [2.45, 2.75) is 26.5 Å². The van der Waals surface area contributed by atoms with Gasteiger partial charge in [-0.3, -0.25) is 4.90 Å². The molecule has 3 rings (SSSR count). The molecule has 0 aliphatic carbocycles. The zero-order chi connectivity index (χ0) is 22.9. The molecular formula is C26H27NO5. The molecule has 32 heavy (non-hydrogen) atoms. The first-order chi connectivity index (χ1) is 15.6. The fraction of sp³-hybridized carbons (Fsp3) is 0.231. The second-order valence-electron chi connectivity index (χ2n) is 7.06. The quantitative estimate of drug-likeness (QED) is 0.442. The number of methoxy groups -OCH3 is 1. The zero-order valence-corrected chi connectivity index (χ0v) is 18.5. The third-order valence-corrected chi connectivity index (χ3v) is 4.98. The maximum absolute atomic E-state index is 13.3. The number of ether oxygens (including phenoxy) is 3. The molecule has 0 saturated heterocycles. The maximum Gasteiger partial charge on any atom is 0.415 e. The van der Waals surface area contributed by atoms with Crippen LogP contribution in [0.15, 0.2) is 78.9 Å². The predicted octanol–water partition coefficient (Wildman–Crippen LogP) is 5.46. The van der Waals surface area contributed by atoms with Gasteiger partial charge in [0.25, 0.3) is 0 Å². The Morgan fingerprint density at radius 3 is 2.16 bits per heavy atom. The standard InChI is InChI=1S/C26H27NO5/c1-4-31-25(28)19(2)27(26(29)32-18-20-12-6-5-7-13-20)23-16-10-8-14-21(23)22-15-9-11-17-24(22)30-3/h5-17,19H,4,18H2,1-3H3/t19-/m0/s1. The Morgan fingerprint density at radius 1 is 0.844 bits per heavy atom. The number of carbonyl (C=O) groups is 2. The molecule has 0 fully saturated rings. The predicted molar refractivity (Wildman–Crippen MR) is 124 cm³/mol. The first kappa shape index (κ1) is 22.9. The van der Waals surface area contributed by atoms with Crippen molar-refractivity contribution in [3.63, 3.8) is 0 Å². The summed E-state index contributed by atoms with van der Waals surface area (Å²) in [5.74, 6) is 0.139. The number of rotatable bonds is 8. The summed E-state index contributed by atoms with van der Waals surface area (Å²) in [5.41, 5.74) is 2.90. The van der Waals surface area contributed by atoms with Crippen LogP contribution in [0.2, 0.25) is 0 Å². The molecule has 3 aromatic rings. The monoisotopic (exact) mass is 433 g/mol. The summed E-state index contributed by atoms with van der Waals surface area (Å²) in [6.07, 6.45) is -0.642. The molecule has 0 aliphatic heterocycles. The SMILES string of the molecule is CCOC(=O)[C@H](C)N(C(=O)OCc1ccccc1)c1ccccc1-c1ccccc1OC. The Morgan fingerprint density at radius 2 is 1.47 bits per heavy atom. The Bertz CT molecular complexity index is 1050. The average Bonchev–Trinajstić information content (AvgIpc) is 2.84. The minimum atomic E-state index is -0.894. The molecule has 0 N–H and O–H groups in total. The van der Waals surface area contributed by atoms with Crippen LogP contribution in [0.1, 0.15) is 19.4 Å². The minimum absolute atomic E-state index is 0.0859. The topological polar surface area (TPSA) is 65.1 Å². The van der Waals surface area contributed by atoms with Gasteiger partial charge in [0, 0.05) is 11.1 Å². The van der Waals surface area contributed by atoms with E-state index in [9.17, 15) is 9.59 Å². The lowest BCUT2D eigenvalue weighted by Crippen LogP contribution is -2.45. The fourth-order valence-electron chi connectivity index (χ4n) is 3.40. The number of amides is 1. The largest absolute Gasteiger partial charge is 0.496 e. The van der Waals surface area contributed by atoms with Crippen LogP contribution in [0.3, 0.4) is 0 Å². The molecule has 0 bridgehead atoms. The first-order valence-electron chi connectivity index (χ1n) is 10.5. The molecule has 0 aromatic heterocycles.